The van der Waals surface area contributed by atoms with Crippen LogP contribution in [0.15, 0.2) is 54.6 Å². The Morgan fingerprint density at radius 2 is 1.93 bits per heavy atom. The van der Waals surface area contributed by atoms with Crippen molar-refractivity contribution >= 4 is 0 Å². The molecule has 0 amide bonds. The summed E-state index contributed by atoms with van der Waals surface area (Å²) >= 11 is 0. The molecule has 2 aromatic carbocycles. The van der Waals surface area contributed by atoms with Gasteiger partial charge < -0.3 is 9.30 Å². The molecule has 0 N–H and O–H groups in total. The Hall–Kier alpha value is -2.59. The van der Waals surface area contributed by atoms with Crippen molar-refractivity contribution < 1.29 is 4.74 Å². The van der Waals surface area contributed by atoms with E-state index < -0.39 is 0 Å². The molecule has 2 heterocycles. The second-order valence-corrected chi connectivity index (χ2v) is 7.61. The largest absolute Gasteiger partial charge is 0.497 e. The van der Waals surface area contributed by atoms with Crippen LogP contribution in [0.4, 0.5) is 0 Å². The van der Waals surface area contributed by atoms with E-state index in [0.717, 1.165) is 37.6 Å². The molecule has 0 saturated heterocycles. The fourth-order valence-electron chi connectivity index (χ4n) is 4.12. The molecule has 0 radical (unpaired) electrons. The van der Waals surface area contributed by atoms with Crippen molar-refractivity contribution in [1.82, 2.24) is 14.5 Å². The van der Waals surface area contributed by atoms with Gasteiger partial charge in [-0.15, -0.1) is 0 Å². The van der Waals surface area contributed by atoms with E-state index in [4.69, 9.17) is 9.72 Å². The maximum absolute atomic E-state index is 5.38. The standard InChI is InChI=1S/C23H25N3O/c1-27-20-9-5-6-17(14-20)15-25-13-12-21-22(16-25)26(19-10-11-19)23(24-21)18-7-3-2-4-8-18/h2-9,14,19H,10-13,15-16H2,1H3. The first-order chi connectivity index (χ1) is 13.3. The van der Waals surface area contributed by atoms with Crippen molar-refractivity contribution in [1.29, 1.82) is 0 Å². The molecule has 0 unspecified atom stereocenters. The average Bonchev–Trinajstić information content (AvgIpc) is 3.49. The summed E-state index contributed by atoms with van der Waals surface area (Å²) in [7, 11) is 1.73. The van der Waals surface area contributed by atoms with Crippen LogP contribution in [0.1, 0.15) is 35.8 Å². The van der Waals surface area contributed by atoms with Crippen molar-refractivity contribution in [2.45, 2.75) is 38.4 Å². The number of hydrogen-bond acceptors (Lipinski definition) is 3. The number of ether oxygens (including phenoxy) is 1. The minimum absolute atomic E-state index is 0.633. The lowest BCUT2D eigenvalue weighted by molar-refractivity contribution is 0.236. The van der Waals surface area contributed by atoms with Gasteiger partial charge in [-0.3, -0.25) is 4.90 Å². The summed E-state index contributed by atoms with van der Waals surface area (Å²) in [6.07, 6.45) is 3.58. The van der Waals surface area contributed by atoms with E-state index in [1.54, 1.807) is 7.11 Å². The maximum Gasteiger partial charge on any atom is 0.140 e. The average molecular weight is 359 g/mol. The van der Waals surface area contributed by atoms with E-state index in [9.17, 15) is 0 Å². The molecule has 1 saturated carbocycles. The second-order valence-electron chi connectivity index (χ2n) is 7.61. The Kier molecular flexibility index (Phi) is 4.21. The molecule has 1 fully saturated rings. The van der Waals surface area contributed by atoms with Gasteiger partial charge in [-0.25, -0.2) is 4.98 Å². The van der Waals surface area contributed by atoms with E-state index in [-0.39, 0.29) is 0 Å². The van der Waals surface area contributed by atoms with Crippen LogP contribution in [0.25, 0.3) is 11.4 Å². The number of imidazole rings is 1. The third kappa shape index (κ3) is 3.26. The quantitative estimate of drug-likeness (QED) is 0.674. The van der Waals surface area contributed by atoms with Gasteiger partial charge in [0.2, 0.25) is 0 Å². The predicted octanol–water partition coefficient (Wildman–Crippen LogP) is 4.45. The van der Waals surface area contributed by atoms with Crippen LogP contribution < -0.4 is 4.74 Å². The minimum atomic E-state index is 0.633. The predicted molar refractivity (Wildman–Crippen MR) is 107 cm³/mol. The zero-order valence-electron chi connectivity index (χ0n) is 15.8. The summed E-state index contributed by atoms with van der Waals surface area (Å²) in [5.74, 6) is 2.09. The zero-order valence-corrected chi connectivity index (χ0v) is 15.8. The normalized spacial score (nSPS) is 16.9. The van der Waals surface area contributed by atoms with Crippen molar-refractivity contribution in [3.63, 3.8) is 0 Å². The van der Waals surface area contributed by atoms with Crippen molar-refractivity contribution in [3.8, 4) is 17.1 Å². The molecule has 1 aliphatic carbocycles. The highest BCUT2D eigenvalue weighted by molar-refractivity contribution is 5.57. The van der Waals surface area contributed by atoms with Crippen LogP contribution in [0.2, 0.25) is 0 Å². The molecule has 27 heavy (non-hydrogen) atoms. The lowest BCUT2D eigenvalue weighted by Gasteiger charge is -2.27. The van der Waals surface area contributed by atoms with Crippen molar-refractivity contribution in [2.75, 3.05) is 13.7 Å². The van der Waals surface area contributed by atoms with Crippen molar-refractivity contribution in [3.05, 3.63) is 71.5 Å². The highest BCUT2D eigenvalue weighted by Crippen LogP contribution is 2.41. The zero-order chi connectivity index (χ0) is 18.2. The van der Waals surface area contributed by atoms with Crippen LogP contribution in [0.3, 0.4) is 0 Å². The van der Waals surface area contributed by atoms with Gasteiger partial charge in [-0.05, 0) is 30.5 Å². The lowest BCUT2D eigenvalue weighted by atomic mass is 10.1. The van der Waals surface area contributed by atoms with Gasteiger partial charge in [0.25, 0.3) is 0 Å². The molecule has 2 aliphatic rings. The highest BCUT2D eigenvalue weighted by atomic mass is 16.5. The lowest BCUT2D eigenvalue weighted by Crippen LogP contribution is -2.31. The van der Waals surface area contributed by atoms with Crippen LogP contribution in [-0.4, -0.2) is 28.1 Å². The smallest absolute Gasteiger partial charge is 0.140 e. The first kappa shape index (κ1) is 16.6. The fourth-order valence-corrected chi connectivity index (χ4v) is 4.12. The first-order valence-electron chi connectivity index (χ1n) is 9.82. The summed E-state index contributed by atoms with van der Waals surface area (Å²) < 4.78 is 7.91. The Morgan fingerprint density at radius 3 is 2.70 bits per heavy atom. The molecule has 0 spiro atoms. The summed E-state index contributed by atoms with van der Waals surface area (Å²) in [4.78, 5) is 7.60. The molecule has 3 aromatic rings. The molecule has 0 bridgehead atoms. The summed E-state index contributed by atoms with van der Waals surface area (Å²) in [5.41, 5.74) is 5.25. The summed E-state index contributed by atoms with van der Waals surface area (Å²) in [5, 5.41) is 0. The molecule has 138 valence electrons. The number of aromatic nitrogens is 2. The van der Waals surface area contributed by atoms with Gasteiger partial charge in [-0.2, -0.15) is 0 Å². The van der Waals surface area contributed by atoms with E-state index in [1.807, 2.05) is 6.07 Å². The SMILES string of the molecule is COc1cccc(CN2CCc3nc(-c4ccccc4)n(C4CC4)c3C2)c1. The molecule has 4 nitrogen and oxygen atoms in total. The number of benzene rings is 2. The molecule has 4 heteroatoms. The number of fused-ring (bicyclic) bond motifs is 1. The Bertz CT molecular complexity index is 944. The van der Waals surface area contributed by atoms with Gasteiger partial charge in [-0.1, -0.05) is 42.5 Å². The van der Waals surface area contributed by atoms with E-state index >= 15 is 0 Å². The summed E-state index contributed by atoms with van der Waals surface area (Å²) in [6.45, 7) is 2.98. The Labute approximate surface area is 160 Å². The summed E-state index contributed by atoms with van der Waals surface area (Å²) in [6, 6.07) is 19.7. The Morgan fingerprint density at radius 1 is 1.07 bits per heavy atom. The molecular weight excluding hydrogens is 334 g/mol. The van der Waals surface area contributed by atoms with Crippen LogP contribution >= 0.6 is 0 Å². The minimum Gasteiger partial charge on any atom is -0.497 e. The van der Waals surface area contributed by atoms with E-state index in [2.05, 4.69) is 58.0 Å². The van der Waals surface area contributed by atoms with Crippen LogP contribution in [0, 0.1) is 0 Å². The van der Waals surface area contributed by atoms with Gasteiger partial charge >= 0.3 is 0 Å². The van der Waals surface area contributed by atoms with Gasteiger partial charge in [0.15, 0.2) is 0 Å². The molecule has 1 aliphatic heterocycles. The van der Waals surface area contributed by atoms with E-state index in [0.29, 0.717) is 6.04 Å². The van der Waals surface area contributed by atoms with Gasteiger partial charge in [0.05, 0.1) is 18.5 Å². The Balaban J connectivity index is 1.44. The molecule has 0 atom stereocenters. The van der Waals surface area contributed by atoms with Crippen molar-refractivity contribution in [2.24, 2.45) is 0 Å². The third-order valence-electron chi connectivity index (χ3n) is 5.62. The monoisotopic (exact) mass is 359 g/mol. The van der Waals surface area contributed by atoms with Gasteiger partial charge in [0, 0.05) is 37.7 Å². The number of hydrogen-bond donors (Lipinski definition) is 0. The number of nitrogens with zero attached hydrogens (tertiary/aromatic N) is 3. The highest BCUT2D eigenvalue weighted by Gasteiger charge is 2.33. The third-order valence-corrected chi connectivity index (χ3v) is 5.62. The fraction of sp³-hybridized carbons (Fsp3) is 0.348. The van der Waals surface area contributed by atoms with Crippen LogP contribution in [-0.2, 0) is 19.5 Å². The molecule has 5 rings (SSSR count). The molecule has 1 aromatic heterocycles. The topological polar surface area (TPSA) is 30.3 Å². The van der Waals surface area contributed by atoms with Crippen LogP contribution in [0.5, 0.6) is 5.75 Å². The first-order valence-corrected chi connectivity index (χ1v) is 9.82. The van der Waals surface area contributed by atoms with E-state index in [1.165, 1.54) is 35.4 Å². The van der Waals surface area contributed by atoms with Gasteiger partial charge in [0.1, 0.15) is 11.6 Å². The second kappa shape index (κ2) is 6.86. The number of rotatable bonds is 5. The number of methoxy groups -OCH3 is 1. The molecular formula is C23H25N3O. The maximum atomic E-state index is 5.38.